The lowest BCUT2D eigenvalue weighted by Gasteiger charge is -2.35. The zero-order valence-electron chi connectivity index (χ0n) is 8.95. The van der Waals surface area contributed by atoms with Gasteiger partial charge < -0.3 is 15.8 Å². The maximum Gasteiger partial charge on any atom is 0.233 e. The third kappa shape index (κ3) is 2.68. The molecule has 15 heavy (non-hydrogen) atoms. The van der Waals surface area contributed by atoms with Crippen molar-refractivity contribution < 1.29 is 9.53 Å². The Morgan fingerprint density at radius 2 is 2.47 bits per heavy atom. The van der Waals surface area contributed by atoms with Crippen molar-refractivity contribution in [2.75, 3.05) is 32.8 Å². The highest BCUT2D eigenvalue weighted by atomic mass is 16.5. The molecule has 2 aliphatic heterocycles. The van der Waals surface area contributed by atoms with Crippen LogP contribution in [0.3, 0.4) is 0 Å². The van der Waals surface area contributed by atoms with E-state index in [0.717, 1.165) is 13.2 Å². The van der Waals surface area contributed by atoms with Crippen LogP contribution in [0.5, 0.6) is 0 Å². The largest absolute Gasteiger partial charge is 0.373 e. The van der Waals surface area contributed by atoms with Crippen molar-refractivity contribution in [1.29, 1.82) is 0 Å². The molecule has 0 bridgehead atoms. The van der Waals surface area contributed by atoms with Crippen molar-refractivity contribution in [3.63, 3.8) is 0 Å². The van der Waals surface area contributed by atoms with E-state index in [2.05, 4.69) is 10.2 Å². The molecule has 0 aromatic rings. The number of morpholine rings is 1. The molecular formula is C10H19N3O2. The Labute approximate surface area is 89.9 Å². The first kappa shape index (κ1) is 10.9. The zero-order chi connectivity index (χ0) is 10.7. The van der Waals surface area contributed by atoms with E-state index in [-0.39, 0.29) is 18.6 Å². The predicted molar refractivity (Wildman–Crippen MR) is 56.4 cm³/mol. The van der Waals surface area contributed by atoms with E-state index in [9.17, 15) is 4.79 Å². The molecule has 0 aromatic heterocycles. The molecule has 0 radical (unpaired) electrons. The number of nitrogens with two attached hydrogens (primary N) is 1. The molecule has 2 heterocycles. The first-order chi connectivity index (χ1) is 7.29. The van der Waals surface area contributed by atoms with Gasteiger partial charge in [-0.15, -0.1) is 0 Å². The molecule has 2 aliphatic rings. The number of fused-ring (bicyclic) bond motifs is 1. The zero-order valence-corrected chi connectivity index (χ0v) is 8.95. The third-order valence-corrected chi connectivity index (χ3v) is 3.17. The molecular weight excluding hydrogens is 194 g/mol. The van der Waals surface area contributed by atoms with Crippen molar-refractivity contribution in [3.05, 3.63) is 0 Å². The van der Waals surface area contributed by atoms with Gasteiger partial charge in [0.15, 0.2) is 0 Å². The van der Waals surface area contributed by atoms with E-state index in [1.807, 2.05) is 0 Å². The summed E-state index contributed by atoms with van der Waals surface area (Å²) in [6, 6.07) is 0.617. The molecule has 0 aliphatic carbocycles. The number of amides is 1. The number of nitrogens with one attached hydrogen (secondary N) is 1. The summed E-state index contributed by atoms with van der Waals surface area (Å²) in [5, 5.41) is 2.77. The molecule has 0 aromatic carbocycles. The van der Waals surface area contributed by atoms with Crippen molar-refractivity contribution in [2.45, 2.75) is 25.0 Å². The summed E-state index contributed by atoms with van der Waals surface area (Å²) in [6.45, 7) is 3.56. The molecule has 2 atom stereocenters. The molecule has 5 heteroatoms. The van der Waals surface area contributed by atoms with E-state index in [1.165, 1.54) is 19.4 Å². The number of carbonyl (C=O) groups is 1. The van der Waals surface area contributed by atoms with Gasteiger partial charge in [-0.2, -0.15) is 0 Å². The van der Waals surface area contributed by atoms with Gasteiger partial charge in [-0.25, -0.2) is 0 Å². The Hall–Kier alpha value is -0.650. The fourth-order valence-corrected chi connectivity index (χ4v) is 2.31. The number of hydrogen-bond acceptors (Lipinski definition) is 4. The Bertz CT molecular complexity index is 235. The molecule has 0 saturated carbocycles. The van der Waals surface area contributed by atoms with E-state index in [0.29, 0.717) is 12.6 Å². The quantitative estimate of drug-likeness (QED) is 0.626. The van der Waals surface area contributed by atoms with E-state index in [1.54, 1.807) is 0 Å². The van der Waals surface area contributed by atoms with Crippen LogP contribution in [0.15, 0.2) is 0 Å². The van der Waals surface area contributed by atoms with E-state index >= 15 is 0 Å². The Balaban J connectivity index is 1.73. The molecule has 3 N–H and O–H groups in total. The summed E-state index contributed by atoms with van der Waals surface area (Å²) >= 11 is 0. The lowest BCUT2D eigenvalue weighted by Crippen LogP contribution is -2.50. The van der Waals surface area contributed by atoms with Crippen LogP contribution in [0.25, 0.3) is 0 Å². The van der Waals surface area contributed by atoms with Crippen LogP contribution in [-0.4, -0.2) is 55.7 Å². The summed E-state index contributed by atoms with van der Waals surface area (Å²) in [4.78, 5) is 13.4. The summed E-state index contributed by atoms with van der Waals surface area (Å²) in [5.74, 6) is -0.109. The number of carbonyl (C=O) groups excluding carboxylic acids is 1. The average Bonchev–Trinajstić information content (AvgIpc) is 2.72. The van der Waals surface area contributed by atoms with Gasteiger partial charge in [0.2, 0.25) is 5.91 Å². The number of ether oxygens (including phenoxy) is 1. The molecule has 2 unspecified atom stereocenters. The Kier molecular flexibility index (Phi) is 3.56. The minimum Gasteiger partial charge on any atom is -0.373 e. The molecule has 2 saturated heterocycles. The van der Waals surface area contributed by atoms with Crippen LogP contribution in [0, 0.1) is 0 Å². The second-order valence-electron chi connectivity index (χ2n) is 4.25. The average molecular weight is 213 g/mol. The molecule has 5 nitrogen and oxygen atoms in total. The van der Waals surface area contributed by atoms with Gasteiger partial charge in [-0.3, -0.25) is 9.69 Å². The van der Waals surface area contributed by atoms with Crippen molar-refractivity contribution in [2.24, 2.45) is 5.73 Å². The van der Waals surface area contributed by atoms with Crippen LogP contribution in [0.4, 0.5) is 0 Å². The third-order valence-electron chi connectivity index (χ3n) is 3.17. The first-order valence-corrected chi connectivity index (χ1v) is 5.62. The van der Waals surface area contributed by atoms with Gasteiger partial charge in [0.1, 0.15) is 0 Å². The van der Waals surface area contributed by atoms with Crippen LogP contribution >= 0.6 is 0 Å². The maximum atomic E-state index is 11.0. The first-order valence-electron chi connectivity index (χ1n) is 5.62. The highest BCUT2D eigenvalue weighted by Crippen LogP contribution is 2.22. The highest BCUT2D eigenvalue weighted by Gasteiger charge is 2.31. The fourth-order valence-electron chi connectivity index (χ4n) is 2.31. The van der Waals surface area contributed by atoms with Crippen LogP contribution < -0.4 is 11.1 Å². The molecule has 1 amide bonds. The second kappa shape index (κ2) is 4.92. The number of nitrogens with zero attached hydrogens (tertiary/aromatic N) is 1. The molecule has 2 rings (SSSR count). The molecule has 0 spiro atoms. The van der Waals surface area contributed by atoms with Crippen molar-refractivity contribution in [3.8, 4) is 0 Å². The summed E-state index contributed by atoms with van der Waals surface area (Å²) in [5.41, 5.74) is 5.21. The SMILES string of the molecule is NCC(=O)NCC1CN2CCCC2CO1. The number of rotatable bonds is 3. The minimum absolute atomic E-state index is 0.0546. The maximum absolute atomic E-state index is 11.0. The lowest BCUT2D eigenvalue weighted by atomic mass is 10.2. The topological polar surface area (TPSA) is 67.6 Å². The van der Waals surface area contributed by atoms with E-state index in [4.69, 9.17) is 10.5 Å². The predicted octanol–water partition coefficient (Wildman–Crippen LogP) is -1.08. The standard InChI is InChI=1S/C10H19N3O2/c11-4-10(14)12-5-9-6-13-3-1-2-8(13)7-15-9/h8-9H,1-7,11H2,(H,12,14). The Morgan fingerprint density at radius 3 is 3.27 bits per heavy atom. The van der Waals surface area contributed by atoms with Gasteiger partial charge in [-0.05, 0) is 19.4 Å². The van der Waals surface area contributed by atoms with Gasteiger partial charge >= 0.3 is 0 Å². The van der Waals surface area contributed by atoms with Gasteiger partial charge in [0.25, 0.3) is 0 Å². The summed E-state index contributed by atoms with van der Waals surface area (Å²) < 4.78 is 5.69. The summed E-state index contributed by atoms with van der Waals surface area (Å²) in [7, 11) is 0. The Morgan fingerprint density at radius 1 is 1.60 bits per heavy atom. The minimum atomic E-state index is -0.109. The second-order valence-corrected chi connectivity index (χ2v) is 4.25. The fraction of sp³-hybridized carbons (Fsp3) is 0.900. The smallest absolute Gasteiger partial charge is 0.233 e. The van der Waals surface area contributed by atoms with E-state index < -0.39 is 0 Å². The van der Waals surface area contributed by atoms with Gasteiger partial charge in [0, 0.05) is 19.1 Å². The van der Waals surface area contributed by atoms with Crippen LogP contribution in [0.1, 0.15) is 12.8 Å². The van der Waals surface area contributed by atoms with Crippen LogP contribution in [0.2, 0.25) is 0 Å². The molecule has 86 valence electrons. The highest BCUT2D eigenvalue weighted by molar-refractivity contribution is 5.77. The monoisotopic (exact) mass is 213 g/mol. The van der Waals surface area contributed by atoms with Gasteiger partial charge in [0.05, 0.1) is 19.3 Å². The van der Waals surface area contributed by atoms with Crippen LogP contribution in [-0.2, 0) is 9.53 Å². The lowest BCUT2D eigenvalue weighted by molar-refractivity contribution is -0.121. The van der Waals surface area contributed by atoms with Crippen molar-refractivity contribution >= 4 is 5.91 Å². The van der Waals surface area contributed by atoms with Gasteiger partial charge in [-0.1, -0.05) is 0 Å². The molecule has 2 fully saturated rings. The van der Waals surface area contributed by atoms with Crippen molar-refractivity contribution in [1.82, 2.24) is 10.2 Å². The summed E-state index contributed by atoms with van der Waals surface area (Å²) in [6.07, 6.45) is 2.66. The normalized spacial score (nSPS) is 31.3. The number of hydrogen-bond donors (Lipinski definition) is 2.